The predicted molar refractivity (Wildman–Crippen MR) is 106 cm³/mol. The standard InChI is InChI=1S/C21H25NO3S/c1-13(2)10-18(23)22-20-19(21(24)25-3)17(12-26-20)16-9-8-14-6-4-5-7-15(14)11-16/h8-9,11-13H,4-7,10H2,1-3H3,(H,22,23). The van der Waals surface area contributed by atoms with Gasteiger partial charge in [-0.25, -0.2) is 4.79 Å². The number of esters is 1. The quantitative estimate of drug-likeness (QED) is 0.747. The molecule has 1 amide bonds. The van der Waals surface area contributed by atoms with E-state index < -0.39 is 5.97 Å². The predicted octanol–water partition coefficient (Wildman–Crippen LogP) is 5.07. The highest BCUT2D eigenvalue weighted by Gasteiger charge is 2.23. The number of carbonyl (C=O) groups excluding carboxylic acids is 2. The molecule has 5 heteroatoms. The fraction of sp³-hybridized carbons (Fsp3) is 0.429. The first-order chi connectivity index (χ1) is 12.5. The van der Waals surface area contributed by atoms with Gasteiger partial charge in [0.25, 0.3) is 0 Å². The Morgan fingerprint density at radius 2 is 1.92 bits per heavy atom. The topological polar surface area (TPSA) is 55.4 Å². The van der Waals surface area contributed by atoms with Crippen LogP contribution in [-0.2, 0) is 22.4 Å². The van der Waals surface area contributed by atoms with Gasteiger partial charge in [0.2, 0.25) is 5.91 Å². The van der Waals surface area contributed by atoms with Crippen molar-refractivity contribution >= 4 is 28.2 Å². The Morgan fingerprint density at radius 1 is 1.19 bits per heavy atom. The molecule has 0 fully saturated rings. The first kappa shape index (κ1) is 18.6. The first-order valence-corrected chi connectivity index (χ1v) is 9.99. The summed E-state index contributed by atoms with van der Waals surface area (Å²) in [6, 6.07) is 6.42. The van der Waals surface area contributed by atoms with Crippen molar-refractivity contribution in [1.29, 1.82) is 0 Å². The number of aryl methyl sites for hydroxylation is 2. The Morgan fingerprint density at radius 3 is 2.62 bits per heavy atom. The smallest absolute Gasteiger partial charge is 0.341 e. The van der Waals surface area contributed by atoms with Crippen LogP contribution in [0.2, 0.25) is 0 Å². The average molecular weight is 372 g/mol. The highest BCUT2D eigenvalue weighted by Crippen LogP contribution is 2.37. The summed E-state index contributed by atoms with van der Waals surface area (Å²) in [7, 11) is 1.37. The molecule has 0 atom stereocenters. The molecule has 3 rings (SSSR count). The van der Waals surface area contributed by atoms with Crippen molar-refractivity contribution in [2.24, 2.45) is 5.92 Å². The molecule has 0 radical (unpaired) electrons. The number of hydrogen-bond acceptors (Lipinski definition) is 4. The molecular weight excluding hydrogens is 346 g/mol. The van der Waals surface area contributed by atoms with Crippen LogP contribution in [0, 0.1) is 5.92 Å². The van der Waals surface area contributed by atoms with Gasteiger partial charge in [-0.2, -0.15) is 0 Å². The summed E-state index contributed by atoms with van der Waals surface area (Å²) in [5, 5.41) is 5.39. The number of amides is 1. The van der Waals surface area contributed by atoms with Gasteiger partial charge in [0.1, 0.15) is 10.6 Å². The second kappa shape index (κ2) is 8.04. The minimum absolute atomic E-state index is 0.0796. The van der Waals surface area contributed by atoms with Gasteiger partial charge < -0.3 is 10.1 Å². The molecule has 1 aliphatic carbocycles. The maximum absolute atomic E-state index is 12.4. The van der Waals surface area contributed by atoms with Crippen molar-refractivity contribution in [3.8, 4) is 11.1 Å². The van der Waals surface area contributed by atoms with Crippen LogP contribution >= 0.6 is 11.3 Å². The highest BCUT2D eigenvalue weighted by molar-refractivity contribution is 7.15. The first-order valence-electron chi connectivity index (χ1n) is 9.11. The Hall–Kier alpha value is -2.14. The molecular formula is C21H25NO3S. The summed E-state index contributed by atoms with van der Waals surface area (Å²) in [6.45, 7) is 3.99. The lowest BCUT2D eigenvalue weighted by Crippen LogP contribution is -2.15. The van der Waals surface area contributed by atoms with Gasteiger partial charge in [-0.3, -0.25) is 4.79 Å². The fourth-order valence-electron chi connectivity index (χ4n) is 3.42. The third kappa shape index (κ3) is 3.98. The van der Waals surface area contributed by atoms with E-state index in [9.17, 15) is 9.59 Å². The number of benzene rings is 1. The number of fused-ring (bicyclic) bond motifs is 1. The highest BCUT2D eigenvalue weighted by atomic mass is 32.1. The number of thiophene rings is 1. The number of ether oxygens (including phenoxy) is 1. The molecule has 138 valence electrons. The molecule has 0 aliphatic heterocycles. The number of nitrogens with one attached hydrogen (secondary N) is 1. The molecule has 0 spiro atoms. The Bertz CT molecular complexity index is 823. The number of hydrogen-bond donors (Lipinski definition) is 1. The van der Waals surface area contributed by atoms with Crippen LogP contribution in [0.3, 0.4) is 0 Å². The van der Waals surface area contributed by atoms with E-state index in [1.807, 2.05) is 19.2 Å². The average Bonchev–Trinajstić information content (AvgIpc) is 3.03. The van der Waals surface area contributed by atoms with Crippen molar-refractivity contribution in [1.82, 2.24) is 0 Å². The summed E-state index contributed by atoms with van der Waals surface area (Å²) < 4.78 is 4.99. The van der Waals surface area contributed by atoms with Crippen LogP contribution < -0.4 is 5.32 Å². The second-order valence-electron chi connectivity index (χ2n) is 7.18. The minimum Gasteiger partial charge on any atom is -0.465 e. The van der Waals surface area contributed by atoms with Crippen molar-refractivity contribution in [2.75, 3.05) is 12.4 Å². The van der Waals surface area contributed by atoms with E-state index in [4.69, 9.17) is 4.74 Å². The van der Waals surface area contributed by atoms with Gasteiger partial charge >= 0.3 is 5.97 Å². The van der Waals surface area contributed by atoms with Crippen LogP contribution in [0.1, 0.15) is 54.6 Å². The van der Waals surface area contributed by atoms with E-state index in [1.165, 1.54) is 42.4 Å². The zero-order valence-corrected chi connectivity index (χ0v) is 16.4. The number of anilines is 1. The molecule has 26 heavy (non-hydrogen) atoms. The van der Waals surface area contributed by atoms with Gasteiger partial charge in [-0.15, -0.1) is 11.3 Å². The molecule has 0 saturated heterocycles. The van der Waals surface area contributed by atoms with E-state index in [1.54, 1.807) is 0 Å². The molecule has 1 aromatic heterocycles. The van der Waals surface area contributed by atoms with Crippen LogP contribution in [0.25, 0.3) is 11.1 Å². The number of rotatable bonds is 5. The number of methoxy groups -OCH3 is 1. The van der Waals surface area contributed by atoms with E-state index in [0.717, 1.165) is 24.0 Å². The van der Waals surface area contributed by atoms with Crippen LogP contribution in [0.4, 0.5) is 5.00 Å². The van der Waals surface area contributed by atoms with E-state index in [0.29, 0.717) is 17.0 Å². The Labute approximate surface area is 158 Å². The van der Waals surface area contributed by atoms with Crippen molar-refractivity contribution in [3.05, 3.63) is 40.3 Å². The van der Waals surface area contributed by atoms with E-state index in [-0.39, 0.29) is 11.8 Å². The lowest BCUT2D eigenvalue weighted by Gasteiger charge is -2.16. The maximum Gasteiger partial charge on any atom is 0.341 e. The third-order valence-electron chi connectivity index (χ3n) is 4.69. The monoisotopic (exact) mass is 371 g/mol. The summed E-state index contributed by atoms with van der Waals surface area (Å²) in [4.78, 5) is 24.6. The van der Waals surface area contributed by atoms with Crippen LogP contribution in [0.5, 0.6) is 0 Å². The summed E-state index contributed by atoms with van der Waals surface area (Å²) in [5.74, 6) is -0.237. The Balaban J connectivity index is 1.97. The van der Waals surface area contributed by atoms with Crippen molar-refractivity contribution < 1.29 is 14.3 Å². The van der Waals surface area contributed by atoms with Gasteiger partial charge in [-0.05, 0) is 48.3 Å². The fourth-order valence-corrected chi connectivity index (χ4v) is 4.39. The summed E-state index contributed by atoms with van der Waals surface area (Å²) >= 11 is 1.37. The van der Waals surface area contributed by atoms with Gasteiger partial charge in [0.15, 0.2) is 0 Å². The lowest BCUT2D eigenvalue weighted by molar-refractivity contribution is -0.116. The molecule has 1 aromatic carbocycles. The minimum atomic E-state index is -0.418. The zero-order valence-electron chi connectivity index (χ0n) is 15.6. The molecule has 1 heterocycles. The molecule has 1 aliphatic rings. The molecule has 1 N–H and O–H groups in total. The molecule has 4 nitrogen and oxygen atoms in total. The van der Waals surface area contributed by atoms with E-state index >= 15 is 0 Å². The van der Waals surface area contributed by atoms with Crippen molar-refractivity contribution in [2.45, 2.75) is 46.0 Å². The van der Waals surface area contributed by atoms with Crippen LogP contribution in [0.15, 0.2) is 23.6 Å². The molecule has 0 unspecified atom stereocenters. The van der Waals surface area contributed by atoms with Crippen LogP contribution in [-0.4, -0.2) is 19.0 Å². The molecule has 0 saturated carbocycles. The largest absolute Gasteiger partial charge is 0.465 e. The van der Waals surface area contributed by atoms with E-state index in [2.05, 4.69) is 23.5 Å². The maximum atomic E-state index is 12.4. The van der Waals surface area contributed by atoms with Crippen molar-refractivity contribution in [3.63, 3.8) is 0 Å². The van der Waals surface area contributed by atoms with Gasteiger partial charge in [0, 0.05) is 17.4 Å². The third-order valence-corrected chi connectivity index (χ3v) is 5.58. The lowest BCUT2D eigenvalue weighted by atomic mass is 9.89. The second-order valence-corrected chi connectivity index (χ2v) is 8.06. The normalized spacial score (nSPS) is 13.4. The molecule has 0 bridgehead atoms. The molecule has 2 aromatic rings. The Kier molecular flexibility index (Phi) is 5.77. The zero-order chi connectivity index (χ0) is 18.7. The SMILES string of the molecule is COC(=O)c1c(-c2ccc3c(c2)CCCC3)csc1NC(=O)CC(C)C. The number of carbonyl (C=O) groups is 2. The van der Waals surface area contributed by atoms with Gasteiger partial charge in [0.05, 0.1) is 7.11 Å². The summed E-state index contributed by atoms with van der Waals surface area (Å²) in [5.41, 5.74) is 5.05. The summed E-state index contributed by atoms with van der Waals surface area (Å²) in [6.07, 6.45) is 5.08. The van der Waals surface area contributed by atoms with Gasteiger partial charge in [-0.1, -0.05) is 32.0 Å².